The molecule has 2 atom stereocenters. The van der Waals surface area contributed by atoms with E-state index in [1.807, 2.05) is 0 Å². The van der Waals surface area contributed by atoms with E-state index in [4.69, 9.17) is 10.5 Å². The van der Waals surface area contributed by atoms with E-state index < -0.39 is 30.9 Å². The number of carbonyl (C=O) groups is 2. The topological polar surface area (TPSA) is 112 Å². The molecular formula is C7H12O8. The van der Waals surface area contributed by atoms with E-state index in [2.05, 4.69) is 19.2 Å². The van der Waals surface area contributed by atoms with Gasteiger partial charge in [0.25, 0.3) is 0 Å². The van der Waals surface area contributed by atoms with Gasteiger partial charge in [-0.1, -0.05) is 0 Å². The molecule has 0 aromatic rings. The first-order chi connectivity index (χ1) is 7.02. The van der Waals surface area contributed by atoms with Gasteiger partial charge in [-0.3, -0.25) is 10.5 Å². The number of carbonyl (C=O) groups excluding carboxylic acids is 2. The molecule has 0 aliphatic carbocycles. The minimum atomic E-state index is -1.17. The molecule has 15 heavy (non-hydrogen) atoms. The fourth-order valence-corrected chi connectivity index (χ4v) is 0.466. The number of hydrogen-bond donors (Lipinski definition) is 2. The van der Waals surface area contributed by atoms with E-state index in [-0.39, 0.29) is 0 Å². The van der Waals surface area contributed by atoms with Gasteiger partial charge in [-0.15, -0.1) is 0 Å². The molecule has 0 saturated carbocycles. The average molecular weight is 224 g/mol. The lowest BCUT2D eigenvalue weighted by Gasteiger charge is -2.10. The summed E-state index contributed by atoms with van der Waals surface area (Å²) in [7, 11) is 0. The van der Waals surface area contributed by atoms with Crippen molar-refractivity contribution in [2.75, 3.05) is 6.79 Å². The van der Waals surface area contributed by atoms with E-state index in [1.165, 1.54) is 13.8 Å². The number of rotatable bonds is 6. The molecule has 2 N–H and O–H groups in total. The highest BCUT2D eigenvalue weighted by atomic mass is 17.1. The van der Waals surface area contributed by atoms with Crippen LogP contribution in [0.3, 0.4) is 0 Å². The van der Waals surface area contributed by atoms with Crippen molar-refractivity contribution in [2.24, 2.45) is 0 Å². The molecule has 0 fully saturated rings. The summed E-state index contributed by atoms with van der Waals surface area (Å²) in [5, 5.41) is 16.2. The summed E-state index contributed by atoms with van der Waals surface area (Å²) < 4.78 is 8.71. The largest absolute Gasteiger partial charge is 0.426 e. The Hall–Kier alpha value is -1.22. The molecule has 0 aliphatic heterocycles. The fourth-order valence-electron chi connectivity index (χ4n) is 0.466. The Kier molecular flexibility index (Phi) is 6.54. The minimum absolute atomic E-state index is 0.654. The van der Waals surface area contributed by atoms with Gasteiger partial charge in [0.2, 0.25) is 6.79 Å². The number of esters is 2. The predicted octanol–water partition coefficient (Wildman–Crippen LogP) is -0.214. The molecule has 0 saturated heterocycles. The summed E-state index contributed by atoms with van der Waals surface area (Å²) in [4.78, 5) is 28.9. The van der Waals surface area contributed by atoms with Gasteiger partial charge in [0.15, 0.2) is 12.2 Å². The quantitative estimate of drug-likeness (QED) is 0.276. The molecule has 0 radical (unpaired) electrons. The molecule has 2 unspecified atom stereocenters. The van der Waals surface area contributed by atoms with Gasteiger partial charge < -0.3 is 9.47 Å². The van der Waals surface area contributed by atoms with Crippen LogP contribution in [-0.2, 0) is 28.8 Å². The second kappa shape index (κ2) is 7.12. The molecule has 0 aliphatic rings. The highest BCUT2D eigenvalue weighted by Gasteiger charge is 2.18. The van der Waals surface area contributed by atoms with Gasteiger partial charge in [-0.05, 0) is 13.8 Å². The number of hydrogen-bond acceptors (Lipinski definition) is 8. The standard InChI is InChI=1S/C7H12O8/c1-4(14-10)6(8)12-3-13-7(9)5(2)15-11/h4-5,10-11H,3H2,1-2H3. The Balaban J connectivity index is 3.70. The summed E-state index contributed by atoms with van der Waals surface area (Å²) in [5.41, 5.74) is 0. The van der Waals surface area contributed by atoms with Crippen LogP contribution < -0.4 is 0 Å². The maximum atomic E-state index is 10.8. The van der Waals surface area contributed by atoms with E-state index in [0.717, 1.165) is 0 Å². The Bertz CT molecular complexity index is 193. The first-order valence-corrected chi connectivity index (χ1v) is 3.96. The Morgan fingerprint density at radius 1 is 1.00 bits per heavy atom. The molecule has 0 rings (SSSR count). The van der Waals surface area contributed by atoms with Gasteiger partial charge in [0.1, 0.15) is 0 Å². The smallest absolute Gasteiger partial charge is 0.341 e. The molecule has 0 aromatic carbocycles. The zero-order chi connectivity index (χ0) is 11.8. The maximum Gasteiger partial charge on any atom is 0.341 e. The number of ether oxygens (including phenoxy) is 2. The highest BCUT2D eigenvalue weighted by Crippen LogP contribution is 1.95. The van der Waals surface area contributed by atoms with Crippen molar-refractivity contribution in [3.05, 3.63) is 0 Å². The highest BCUT2D eigenvalue weighted by molar-refractivity contribution is 5.75. The lowest BCUT2D eigenvalue weighted by Crippen LogP contribution is -2.27. The van der Waals surface area contributed by atoms with Crippen LogP contribution in [0.15, 0.2) is 0 Å². The maximum absolute atomic E-state index is 10.8. The van der Waals surface area contributed by atoms with Crippen molar-refractivity contribution in [2.45, 2.75) is 26.1 Å². The van der Waals surface area contributed by atoms with Gasteiger partial charge in [0, 0.05) is 0 Å². The van der Waals surface area contributed by atoms with Crippen molar-refractivity contribution >= 4 is 11.9 Å². The Labute approximate surface area is 85.2 Å². The van der Waals surface area contributed by atoms with E-state index >= 15 is 0 Å². The monoisotopic (exact) mass is 224 g/mol. The van der Waals surface area contributed by atoms with Crippen LogP contribution in [0.2, 0.25) is 0 Å². The SMILES string of the molecule is CC(OO)C(=O)OCOC(=O)C(C)OO. The first kappa shape index (κ1) is 13.8. The molecule has 88 valence electrons. The van der Waals surface area contributed by atoms with Crippen LogP contribution in [0.1, 0.15) is 13.8 Å². The van der Waals surface area contributed by atoms with Gasteiger partial charge in [0.05, 0.1) is 0 Å². The van der Waals surface area contributed by atoms with E-state index in [1.54, 1.807) is 0 Å². The zero-order valence-corrected chi connectivity index (χ0v) is 8.21. The molecule has 8 nitrogen and oxygen atoms in total. The summed E-state index contributed by atoms with van der Waals surface area (Å²) in [6.45, 7) is 1.83. The minimum Gasteiger partial charge on any atom is -0.426 e. The third-order valence-electron chi connectivity index (χ3n) is 1.38. The second-order valence-corrected chi connectivity index (χ2v) is 2.54. The summed E-state index contributed by atoms with van der Waals surface area (Å²) in [6, 6.07) is 0. The van der Waals surface area contributed by atoms with Crippen molar-refractivity contribution in [1.29, 1.82) is 0 Å². The fraction of sp³-hybridized carbons (Fsp3) is 0.714. The van der Waals surface area contributed by atoms with Crippen LogP contribution in [0.4, 0.5) is 0 Å². The van der Waals surface area contributed by atoms with Crippen LogP contribution in [0, 0.1) is 0 Å². The molecule has 0 bridgehead atoms. The lowest BCUT2D eigenvalue weighted by atomic mass is 10.4. The normalized spacial score (nSPS) is 14.1. The summed E-state index contributed by atoms with van der Waals surface area (Å²) in [6.07, 6.45) is -2.34. The van der Waals surface area contributed by atoms with Crippen LogP contribution in [0.5, 0.6) is 0 Å². The molecule has 0 heterocycles. The Morgan fingerprint density at radius 2 is 1.33 bits per heavy atom. The zero-order valence-electron chi connectivity index (χ0n) is 8.21. The molecule has 0 amide bonds. The van der Waals surface area contributed by atoms with Crippen LogP contribution in [0.25, 0.3) is 0 Å². The van der Waals surface area contributed by atoms with Gasteiger partial charge in [-0.2, -0.15) is 0 Å². The lowest BCUT2D eigenvalue weighted by molar-refractivity contribution is -0.280. The molecular weight excluding hydrogens is 212 g/mol. The molecule has 0 aromatic heterocycles. The van der Waals surface area contributed by atoms with Crippen molar-refractivity contribution in [3.8, 4) is 0 Å². The molecule has 8 heteroatoms. The third-order valence-corrected chi connectivity index (χ3v) is 1.38. The van der Waals surface area contributed by atoms with Crippen molar-refractivity contribution < 1.29 is 39.4 Å². The molecule has 0 spiro atoms. The first-order valence-electron chi connectivity index (χ1n) is 3.96. The summed E-state index contributed by atoms with van der Waals surface area (Å²) in [5.74, 6) is -1.80. The van der Waals surface area contributed by atoms with Crippen molar-refractivity contribution in [1.82, 2.24) is 0 Å². The predicted molar refractivity (Wildman–Crippen MR) is 43.4 cm³/mol. The second-order valence-electron chi connectivity index (χ2n) is 2.54. The van der Waals surface area contributed by atoms with E-state index in [0.29, 0.717) is 0 Å². The van der Waals surface area contributed by atoms with Crippen molar-refractivity contribution in [3.63, 3.8) is 0 Å². The van der Waals surface area contributed by atoms with Gasteiger partial charge >= 0.3 is 11.9 Å². The van der Waals surface area contributed by atoms with Crippen LogP contribution >= 0.6 is 0 Å². The average Bonchev–Trinajstić information content (AvgIpc) is 2.26. The van der Waals surface area contributed by atoms with Gasteiger partial charge in [-0.25, -0.2) is 19.4 Å². The summed E-state index contributed by atoms with van der Waals surface area (Å²) >= 11 is 0. The van der Waals surface area contributed by atoms with Crippen LogP contribution in [-0.4, -0.2) is 41.5 Å². The van der Waals surface area contributed by atoms with E-state index in [9.17, 15) is 9.59 Å². The third kappa shape index (κ3) is 5.27. The Morgan fingerprint density at radius 3 is 1.60 bits per heavy atom.